The summed E-state index contributed by atoms with van der Waals surface area (Å²) in [6, 6.07) is 0.757. The van der Waals surface area contributed by atoms with Gasteiger partial charge in [0.1, 0.15) is 0 Å². The van der Waals surface area contributed by atoms with Gasteiger partial charge >= 0.3 is 0 Å². The first-order valence-corrected chi connectivity index (χ1v) is 6.45. The Morgan fingerprint density at radius 1 is 1.38 bits per heavy atom. The van der Waals surface area contributed by atoms with Gasteiger partial charge in [-0.2, -0.15) is 5.10 Å². The molecule has 0 unspecified atom stereocenters. The molecule has 1 aliphatic rings. The minimum absolute atomic E-state index is 0.757. The maximum absolute atomic E-state index is 4.18. The molecule has 16 heavy (non-hydrogen) atoms. The molecule has 1 aliphatic carbocycles. The molecule has 1 N–H and O–H groups in total. The molecule has 0 amide bonds. The summed E-state index contributed by atoms with van der Waals surface area (Å²) in [4.78, 5) is 0. The lowest BCUT2D eigenvalue weighted by atomic mass is 9.87. The van der Waals surface area contributed by atoms with Crippen LogP contribution in [0, 0.1) is 5.92 Å². The molecular formula is C13H23N3. The van der Waals surface area contributed by atoms with Crippen molar-refractivity contribution < 1.29 is 0 Å². The Labute approximate surface area is 98.2 Å². The van der Waals surface area contributed by atoms with E-state index in [1.165, 1.54) is 31.2 Å². The van der Waals surface area contributed by atoms with Crippen LogP contribution in [0.2, 0.25) is 0 Å². The van der Waals surface area contributed by atoms with Gasteiger partial charge in [0.25, 0.3) is 0 Å². The summed E-state index contributed by atoms with van der Waals surface area (Å²) in [7, 11) is 1.97. The number of nitrogens with one attached hydrogen (secondary N) is 1. The largest absolute Gasteiger partial charge is 0.314 e. The van der Waals surface area contributed by atoms with E-state index in [2.05, 4.69) is 23.5 Å². The molecule has 1 saturated carbocycles. The number of nitrogens with zero attached hydrogens (tertiary/aromatic N) is 2. The highest BCUT2D eigenvalue weighted by molar-refractivity contribution is 5.03. The maximum Gasteiger partial charge on any atom is 0.0522 e. The standard InChI is InChI=1S/C13H23N3/c1-11-3-5-13(6-4-11)14-8-7-12-9-15-16(2)10-12/h9-11,13-14H,3-8H2,1-2H3. The van der Waals surface area contributed by atoms with Crippen molar-refractivity contribution >= 4 is 0 Å². The van der Waals surface area contributed by atoms with Gasteiger partial charge in [0.15, 0.2) is 0 Å². The smallest absolute Gasteiger partial charge is 0.0522 e. The minimum Gasteiger partial charge on any atom is -0.314 e. The molecule has 3 heteroatoms. The van der Waals surface area contributed by atoms with E-state index in [9.17, 15) is 0 Å². The summed E-state index contributed by atoms with van der Waals surface area (Å²) in [5.41, 5.74) is 1.33. The van der Waals surface area contributed by atoms with Crippen LogP contribution in [0.1, 0.15) is 38.2 Å². The second kappa shape index (κ2) is 5.48. The second-order valence-corrected chi connectivity index (χ2v) is 5.18. The Balaban J connectivity index is 1.64. The summed E-state index contributed by atoms with van der Waals surface area (Å²) in [6.07, 6.45) is 10.7. The summed E-state index contributed by atoms with van der Waals surface area (Å²) in [5, 5.41) is 7.84. The summed E-state index contributed by atoms with van der Waals surface area (Å²) >= 11 is 0. The predicted molar refractivity (Wildman–Crippen MR) is 66.3 cm³/mol. The third kappa shape index (κ3) is 3.34. The third-order valence-electron chi connectivity index (χ3n) is 3.62. The van der Waals surface area contributed by atoms with Crippen molar-refractivity contribution in [1.29, 1.82) is 0 Å². The van der Waals surface area contributed by atoms with Crippen LogP contribution in [0.5, 0.6) is 0 Å². The lowest BCUT2D eigenvalue weighted by Crippen LogP contribution is -2.34. The van der Waals surface area contributed by atoms with Gasteiger partial charge in [0.05, 0.1) is 6.20 Å². The molecule has 0 aromatic carbocycles. The van der Waals surface area contributed by atoms with Gasteiger partial charge in [0, 0.05) is 19.3 Å². The zero-order valence-corrected chi connectivity index (χ0v) is 10.4. The first kappa shape index (κ1) is 11.6. The highest BCUT2D eigenvalue weighted by Gasteiger charge is 2.17. The fourth-order valence-electron chi connectivity index (χ4n) is 2.49. The van der Waals surface area contributed by atoms with E-state index in [4.69, 9.17) is 0 Å². The van der Waals surface area contributed by atoms with E-state index in [1.807, 2.05) is 17.9 Å². The fourth-order valence-corrected chi connectivity index (χ4v) is 2.49. The molecule has 0 atom stereocenters. The molecule has 0 saturated heterocycles. The monoisotopic (exact) mass is 221 g/mol. The Bertz CT molecular complexity index is 311. The van der Waals surface area contributed by atoms with Crippen LogP contribution >= 0.6 is 0 Å². The fraction of sp³-hybridized carbons (Fsp3) is 0.769. The van der Waals surface area contributed by atoms with Gasteiger partial charge in [-0.3, -0.25) is 4.68 Å². The quantitative estimate of drug-likeness (QED) is 0.844. The van der Waals surface area contributed by atoms with Gasteiger partial charge < -0.3 is 5.32 Å². The van der Waals surface area contributed by atoms with Crippen molar-refractivity contribution in [3.05, 3.63) is 18.0 Å². The SMILES string of the molecule is CC1CCC(NCCc2cnn(C)c2)CC1. The zero-order valence-electron chi connectivity index (χ0n) is 10.4. The Hall–Kier alpha value is -0.830. The molecule has 90 valence electrons. The van der Waals surface area contributed by atoms with Gasteiger partial charge in [-0.1, -0.05) is 6.92 Å². The molecule has 2 rings (SSSR count). The summed E-state index contributed by atoms with van der Waals surface area (Å²) < 4.78 is 1.87. The van der Waals surface area contributed by atoms with Crippen LogP contribution < -0.4 is 5.32 Å². The number of rotatable bonds is 4. The van der Waals surface area contributed by atoms with E-state index in [0.29, 0.717) is 0 Å². The van der Waals surface area contributed by atoms with Crippen molar-refractivity contribution in [2.75, 3.05) is 6.54 Å². The molecular weight excluding hydrogens is 198 g/mol. The lowest BCUT2D eigenvalue weighted by molar-refractivity contribution is 0.309. The second-order valence-electron chi connectivity index (χ2n) is 5.18. The molecule has 0 bridgehead atoms. The summed E-state index contributed by atoms with van der Waals surface area (Å²) in [6.45, 7) is 3.45. The Kier molecular flexibility index (Phi) is 3.99. The summed E-state index contributed by atoms with van der Waals surface area (Å²) in [5.74, 6) is 0.941. The highest BCUT2D eigenvalue weighted by Crippen LogP contribution is 2.23. The molecule has 1 aromatic rings. The minimum atomic E-state index is 0.757. The lowest BCUT2D eigenvalue weighted by Gasteiger charge is -2.26. The maximum atomic E-state index is 4.18. The normalized spacial score (nSPS) is 25.9. The Morgan fingerprint density at radius 2 is 2.12 bits per heavy atom. The zero-order chi connectivity index (χ0) is 11.4. The molecule has 1 aromatic heterocycles. The average Bonchev–Trinajstić information content (AvgIpc) is 2.67. The molecule has 0 radical (unpaired) electrons. The van der Waals surface area contributed by atoms with Crippen LogP contribution in [-0.4, -0.2) is 22.4 Å². The van der Waals surface area contributed by atoms with E-state index >= 15 is 0 Å². The van der Waals surface area contributed by atoms with E-state index in [-0.39, 0.29) is 0 Å². The van der Waals surface area contributed by atoms with E-state index in [1.54, 1.807) is 0 Å². The number of aromatic nitrogens is 2. The first-order valence-electron chi connectivity index (χ1n) is 6.45. The topological polar surface area (TPSA) is 29.9 Å². The highest BCUT2D eigenvalue weighted by atomic mass is 15.2. The van der Waals surface area contributed by atoms with Crippen LogP contribution in [0.15, 0.2) is 12.4 Å². The molecule has 1 heterocycles. The number of hydrogen-bond donors (Lipinski definition) is 1. The van der Waals surface area contributed by atoms with Crippen LogP contribution in [-0.2, 0) is 13.5 Å². The van der Waals surface area contributed by atoms with Crippen molar-refractivity contribution in [2.45, 2.75) is 45.1 Å². The first-order chi connectivity index (χ1) is 7.74. The van der Waals surface area contributed by atoms with E-state index < -0.39 is 0 Å². The van der Waals surface area contributed by atoms with Crippen molar-refractivity contribution in [1.82, 2.24) is 15.1 Å². The molecule has 1 fully saturated rings. The molecule has 0 spiro atoms. The van der Waals surface area contributed by atoms with Crippen molar-refractivity contribution in [3.8, 4) is 0 Å². The average molecular weight is 221 g/mol. The van der Waals surface area contributed by atoms with Gasteiger partial charge in [-0.25, -0.2) is 0 Å². The third-order valence-corrected chi connectivity index (χ3v) is 3.62. The number of hydrogen-bond acceptors (Lipinski definition) is 2. The van der Waals surface area contributed by atoms with Crippen LogP contribution in [0.4, 0.5) is 0 Å². The molecule has 0 aliphatic heterocycles. The van der Waals surface area contributed by atoms with Gasteiger partial charge in [-0.15, -0.1) is 0 Å². The van der Waals surface area contributed by atoms with Crippen LogP contribution in [0.3, 0.4) is 0 Å². The van der Waals surface area contributed by atoms with Gasteiger partial charge in [0.2, 0.25) is 0 Å². The number of aryl methyl sites for hydroxylation is 1. The molecule has 3 nitrogen and oxygen atoms in total. The van der Waals surface area contributed by atoms with Crippen molar-refractivity contribution in [3.63, 3.8) is 0 Å². The van der Waals surface area contributed by atoms with E-state index in [0.717, 1.165) is 24.9 Å². The Morgan fingerprint density at radius 3 is 2.75 bits per heavy atom. The van der Waals surface area contributed by atoms with Gasteiger partial charge in [-0.05, 0) is 50.1 Å². The van der Waals surface area contributed by atoms with Crippen LogP contribution in [0.25, 0.3) is 0 Å². The predicted octanol–water partition coefficient (Wildman–Crippen LogP) is 2.13. The van der Waals surface area contributed by atoms with Crippen molar-refractivity contribution in [2.24, 2.45) is 13.0 Å².